The molecule has 3 rings (SSSR count). The molecule has 0 fully saturated rings. The zero-order valence-electron chi connectivity index (χ0n) is 11.8. The molecule has 1 unspecified atom stereocenters. The van der Waals surface area contributed by atoms with Gasteiger partial charge in [0.1, 0.15) is 11.3 Å². The lowest BCUT2D eigenvalue weighted by Gasteiger charge is -2.08. The first kappa shape index (κ1) is 14.3. The van der Waals surface area contributed by atoms with E-state index in [1.54, 1.807) is 0 Å². The molecule has 0 saturated carbocycles. The van der Waals surface area contributed by atoms with E-state index in [1.807, 2.05) is 36.5 Å². The van der Waals surface area contributed by atoms with Gasteiger partial charge in [0.05, 0.1) is 10.5 Å². The van der Waals surface area contributed by atoms with Crippen molar-refractivity contribution < 1.29 is 4.42 Å². The molecule has 108 valence electrons. The maximum Gasteiger partial charge on any atom is 0.148 e. The van der Waals surface area contributed by atoms with Crippen LogP contribution < -0.4 is 5.73 Å². The van der Waals surface area contributed by atoms with Crippen molar-refractivity contribution in [2.75, 3.05) is 0 Å². The van der Waals surface area contributed by atoms with E-state index in [-0.39, 0.29) is 6.04 Å². The highest BCUT2D eigenvalue weighted by Gasteiger charge is 2.14. The SMILES string of the molecule is CCc1ccc(CC(N)c2cc3cccc(Br)c3o2)nc1. The lowest BCUT2D eigenvalue weighted by Crippen LogP contribution is -2.13. The smallest absolute Gasteiger partial charge is 0.148 e. The Morgan fingerprint density at radius 1 is 1.29 bits per heavy atom. The fourth-order valence-electron chi connectivity index (χ4n) is 2.34. The quantitative estimate of drug-likeness (QED) is 0.763. The second-order valence-electron chi connectivity index (χ2n) is 5.13. The molecule has 2 N–H and O–H groups in total. The maximum atomic E-state index is 6.26. The molecule has 0 radical (unpaired) electrons. The summed E-state index contributed by atoms with van der Waals surface area (Å²) in [6.07, 6.45) is 3.58. The first-order valence-electron chi connectivity index (χ1n) is 7.04. The van der Waals surface area contributed by atoms with Crippen molar-refractivity contribution in [1.29, 1.82) is 0 Å². The monoisotopic (exact) mass is 344 g/mol. The Kier molecular flexibility index (Phi) is 4.08. The number of hydrogen-bond acceptors (Lipinski definition) is 3. The highest BCUT2D eigenvalue weighted by molar-refractivity contribution is 9.10. The van der Waals surface area contributed by atoms with Gasteiger partial charge in [-0.05, 0) is 46.1 Å². The average Bonchev–Trinajstić information content (AvgIpc) is 2.94. The van der Waals surface area contributed by atoms with Crippen LogP contribution in [0, 0.1) is 0 Å². The third-order valence-electron chi connectivity index (χ3n) is 3.60. The van der Waals surface area contributed by atoms with E-state index < -0.39 is 0 Å². The van der Waals surface area contributed by atoms with Crippen LogP contribution in [0.3, 0.4) is 0 Å². The van der Waals surface area contributed by atoms with Gasteiger partial charge in [-0.25, -0.2) is 0 Å². The fourth-order valence-corrected chi connectivity index (χ4v) is 2.80. The van der Waals surface area contributed by atoms with Crippen molar-refractivity contribution >= 4 is 26.9 Å². The van der Waals surface area contributed by atoms with Crippen molar-refractivity contribution in [2.45, 2.75) is 25.8 Å². The van der Waals surface area contributed by atoms with E-state index in [9.17, 15) is 0 Å². The number of fused-ring (bicyclic) bond motifs is 1. The van der Waals surface area contributed by atoms with Gasteiger partial charge in [0.25, 0.3) is 0 Å². The summed E-state index contributed by atoms with van der Waals surface area (Å²) in [7, 11) is 0. The molecule has 0 bridgehead atoms. The van der Waals surface area contributed by atoms with Gasteiger partial charge in [-0.2, -0.15) is 0 Å². The highest BCUT2D eigenvalue weighted by atomic mass is 79.9. The van der Waals surface area contributed by atoms with Crippen LogP contribution in [0.1, 0.15) is 30.0 Å². The Bertz CT molecular complexity index is 749. The molecule has 4 heteroatoms. The Morgan fingerprint density at radius 3 is 2.81 bits per heavy atom. The highest BCUT2D eigenvalue weighted by Crippen LogP contribution is 2.29. The summed E-state index contributed by atoms with van der Waals surface area (Å²) < 4.78 is 6.83. The average molecular weight is 345 g/mol. The predicted octanol–water partition coefficient (Wildman–Crippen LogP) is 4.40. The largest absolute Gasteiger partial charge is 0.458 e. The molecule has 0 aliphatic rings. The summed E-state index contributed by atoms with van der Waals surface area (Å²) in [5, 5.41) is 1.06. The van der Waals surface area contributed by atoms with Crippen LogP contribution in [0.4, 0.5) is 0 Å². The van der Waals surface area contributed by atoms with Crippen molar-refractivity contribution in [2.24, 2.45) is 5.73 Å². The van der Waals surface area contributed by atoms with Gasteiger partial charge in [0.15, 0.2) is 0 Å². The second kappa shape index (κ2) is 6.00. The number of benzene rings is 1. The van der Waals surface area contributed by atoms with E-state index >= 15 is 0 Å². The minimum atomic E-state index is -0.190. The second-order valence-corrected chi connectivity index (χ2v) is 5.98. The zero-order chi connectivity index (χ0) is 14.8. The molecule has 0 amide bonds. The van der Waals surface area contributed by atoms with Crippen LogP contribution >= 0.6 is 15.9 Å². The molecule has 3 aromatic rings. The molecule has 1 aromatic carbocycles. The van der Waals surface area contributed by atoms with E-state index in [1.165, 1.54) is 5.56 Å². The van der Waals surface area contributed by atoms with Gasteiger partial charge in [-0.15, -0.1) is 0 Å². The third kappa shape index (κ3) is 3.01. The normalized spacial score (nSPS) is 12.7. The van der Waals surface area contributed by atoms with Crippen LogP contribution in [0.25, 0.3) is 11.0 Å². The summed E-state index contributed by atoms with van der Waals surface area (Å²) in [5.41, 5.74) is 9.33. The van der Waals surface area contributed by atoms with Gasteiger partial charge < -0.3 is 10.2 Å². The standard InChI is InChI=1S/C17H17BrN2O/c1-2-11-6-7-13(20-10-11)9-15(19)16-8-12-4-3-5-14(18)17(12)21-16/h3-8,10,15H,2,9,19H2,1H3. The molecule has 0 aliphatic heterocycles. The zero-order valence-corrected chi connectivity index (χ0v) is 13.4. The molecule has 1 atom stereocenters. The van der Waals surface area contributed by atoms with Gasteiger partial charge in [-0.1, -0.05) is 25.1 Å². The molecule has 0 aliphatic carbocycles. The van der Waals surface area contributed by atoms with Crippen molar-refractivity contribution in [3.63, 3.8) is 0 Å². The molecule has 2 heterocycles. The Balaban J connectivity index is 1.82. The molecular formula is C17H17BrN2O. The van der Waals surface area contributed by atoms with E-state index in [0.717, 1.165) is 33.3 Å². The number of hydrogen-bond donors (Lipinski definition) is 1. The fraction of sp³-hybridized carbons (Fsp3) is 0.235. The van der Waals surface area contributed by atoms with Gasteiger partial charge >= 0.3 is 0 Å². The summed E-state index contributed by atoms with van der Waals surface area (Å²) in [5.74, 6) is 0.790. The van der Waals surface area contributed by atoms with Gasteiger partial charge in [0.2, 0.25) is 0 Å². The maximum absolute atomic E-state index is 6.26. The van der Waals surface area contributed by atoms with Crippen LogP contribution in [-0.2, 0) is 12.8 Å². The number of para-hydroxylation sites is 1. The van der Waals surface area contributed by atoms with Crippen LogP contribution in [-0.4, -0.2) is 4.98 Å². The number of pyridine rings is 1. The summed E-state index contributed by atoms with van der Waals surface area (Å²) in [4.78, 5) is 4.46. The Labute approximate surface area is 132 Å². The Hall–Kier alpha value is -1.65. The molecular weight excluding hydrogens is 328 g/mol. The third-order valence-corrected chi connectivity index (χ3v) is 4.23. The van der Waals surface area contributed by atoms with Crippen LogP contribution in [0.15, 0.2) is 51.5 Å². The minimum Gasteiger partial charge on any atom is -0.458 e. The van der Waals surface area contributed by atoms with Crippen molar-refractivity contribution in [3.05, 3.63) is 64.1 Å². The molecule has 2 aromatic heterocycles. The predicted molar refractivity (Wildman–Crippen MR) is 88.2 cm³/mol. The molecule has 3 nitrogen and oxygen atoms in total. The van der Waals surface area contributed by atoms with Crippen molar-refractivity contribution in [1.82, 2.24) is 4.98 Å². The number of furan rings is 1. The summed E-state index contributed by atoms with van der Waals surface area (Å²) in [6.45, 7) is 2.12. The minimum absolute atomic E-state index is 0.190. The molecule has 0 saturated heterocycles. The van der Waals surface area contributed by atoms with E-state index in [0.29, 0.717) is 6.42 Å². The lowest BCUT2D eigenvalue weighted by molar-refractivity contribution is 0.490. The summed E-state index contributed by atoms with van der Waals surface area (Å²) >= 11 is 3.50. The summed E-state index contributed by atoms with van der Waals surface area (Å²) in [6, 6.07) is 11.9. The van der Waals surface area contributed by atoms with Crippen LogP contribution in [0.2, 0.25) is 0 Å². The number of nitrogens with zero attached hydrogens (tertiary/aromatic N) is 1. The lowest BCUT2D eigenvalue weighted by atomic mass is 10.1. The van der Waals surface area contributed by atoms with Crippen LogP contribution in [0.5, 0.6) is 0 Å². The number of nitrogens with two attached hydrogens (primary N) is 1. The van der Waals surface area contributed by atoms with Gasteiger partial charge in [0, 0.05) is 23.7 Å². The van der Waals surface area contributed by atoms with Crippen molar-refractivity contribution in [3.8, 4) is 0 Å². The first-order valence-corrected chi connectivity index (χ1v) is 7.84. The number of rotatable bonds is 4. The Morgan fingerprint density at radius 2 is 2.14 bits per heavy atom. The van der Waals surface area contributed by atoms with E-state index in [2.05, 4.69) is 33.9 Å². The number of halogens is 1. The van der Waals surface area contributed by atoms with E-state index in [4.69, 9.17) is 10.2 Å². The number of aromatic nitrogens is 1. The molecule has 0 spiro atoms. The first-order chi connectivity index (χ1) is 10.2. The van der Waals surface area contributed by atoms with Gasteiger partial charge in [-0.3, -0.25) is 4.98 Å². The topological polar surface area (TPSA) is 52.0 Å². The number of aryl methyl sites for hydroxylation is 1. The molecule has 21 heavy (non-hydrogen) atoms.